The van der Waals surface area contributed by atoms with Gasteiger partial charge < -0.3 is 0 Å². The van der Waals surface area contributed by atoms with Crippen molar-refractivity contribution in [2.24, 2.45) is 0 Å². The van der Waals surface area contributed by atoms with Crippen LogP contribution in [-0.4, -0.2) is 0 Å². The van der Waals surface area contributed by atoms with Gasteiger partial charge in [0.15, 0.2) is 0 Å². The van der Waals surface area contributed by atoms with Crippen molar-refractivity contribution in [3.63, 3.8) is 0 Å². The molecule has 0 nitrogen and oxygen atoms in total. The minimum atomic E-state index is 1.08. The lowest BCUT2D eigenvalue weighted by Gasteiger charge is -2.03. The maximum Gasteiger partial charge on any atom is -0.0244 e. The van der Waals surface area contributed by atoms with Crippen molar-refractivity contribution in [1.82, 2.24) is 0 Å². The number of unbranched alkanes of at least 4 members (excludes halogenated alkanes) is 3. The molecule has 0 aliphatic rings. The Morgan fingerprint density at radius 3 is 2.12 bits per heavy atom. The van der Waals surface area contributed by atoms with Crippen molar-refractivity contribution in [3.05, 3.63) is 48.0 Å². The van der Waals surface area contributed by atoms with Gasteiger partial charge in [0.1, 0.15) is 0 Å². The highest BCUT2D eigenvalue weighted by Gasteiger charge is 1.95. The van der Waals surface area contributed by atoms with Crippen molar-refractivity contribution in [3.8, 4) is 0 Å². The third-order valence-corrected chi connectivity index (χ3v) is 2.98. The van der Waals surface area contributed by atoms with Gasteiger partial charge in [0, 0.05) is 0 Å². The molecule has 0 heteroatoms. The van der Waals surface area contributed by atoms with E-state index in [0.717, 1.165) is 12.8 Å². The van der Waals surface area contributed by atoms with Crippen LogP contribution in [0.4, 0.5) is 0 Å². The van der Waals surface area contributed by atoms with Gasteiger partial charge >= 0.3 is 0 Å². The monoisotopic (exact) mass is 216 g/mol. The molecule has 88 valence electrons. The molecule has 16 heavy (non-hydrogen) atoms. The normalized spacial score (nSPS) is 10.3. The van der Waals surface area contributed by atoms with Crippen LogP contribution in [-0.2, 0) is 12.8 Å². The topological polar surface area (TPSA) is 0 Å². The van der Waals surface area contributed by atoms with Crippen LogP contribution in [0.15, 0.2) is 36.9 Å². The van der Waals surface area contributed by atoms with Crippen LogP contribution in [0.1, 0.15) is 50.2 Å². The first-order chi connectivity index (χ1) is 7.86. The molecule has 1 rings (SSSR count). The first-order valence-electron chi connectivity index (χ1n) is 6.55. The molecule has 0 fully saturated rings. The van der Waals surface area contributed by atoms with Crippen LogP contribution in [0.3, 0.4) is 0 Å². The molecule has 0 amide bonds. The van der Waals surface area contributed by atoms with Gasteiger partial charge in [-0.1, -0.05) is 56.5 Å². The van der Waals surface area contributed by atoms with E-state index < -0.39 is 0 Å². The van der Waals surface area contributed by atoms with E-state index >= 15 is 0 Å². The Morgan fingerprint density at radius 2 is 1.56 bits per heavy atom. The molecule has 0 radical (unpaired) electrons. The highest BCUT2D eigenvalue weighted by Crippen LogP contribution is 2.10. The second kappa shape index (κ2) is 8.15. The standard InChI is InChI=1S/C16H24/c1-3-5-7-8-10-16-13-11-15(12-14-16)9-6-4-2/h4,11-14H,2-3,5-10H2,1H3. The van der Waals surface area contributed by atoms with E-state index in [4.69, 9.17) is 0 Å². The van der Waals surface area contributed by atoms with E-state index in [2.05, 4.69) is 37.8 Å². The Morgan fingerprint density at radius 1 is 0.938 bits per heavy atom. The maximum atomic E-state index is 3.75. The molecular weight excluding hydrogens is 192 g/mol. The van der Waals surface area contributed by atoms with Crippen LogP contribution in [0, 0.1) is 0 Å². The summed E-state index contributed by atoms with van der Waals surface area (Å²) in [7, 11) is 0. The second-order valence-electron chi connectivity index (χ2n) is 4.45. The number of hydrogen-bond acceptors (Lipinski definition) is 0. The number of rotatable bonds is 8. The van der Waals surface area contributed by atoms with Gasteiger partial charge in [-0.15, -0.1) is 6.58 Å². The molecule has 0 unspecified atom stereocenters. The Labute approximate surface area is 100 Å². The fraction of sp³-hybridized carbons (Fsp3) is 0.500. The Bertz CT molecular complexity index is 281. The third kappa shape index (κ3) is 5.16. The van der Waals surface area contributed by atoms with Crippen molar-refractivity contribution >= 4 is 0 Å². The summed E-state index contributed by atoms with van der Waals surface area (Å²) in [5.41, 5.74) is 2.91. The molecular formula is C16H24. The van der Waals surface area contributed by atoms with Gasteiger partial charge in [-0.3, -0.25) is 0 Å². The summed E-state index contributed by atoms with van der Waals surface area (Å²) in [5.74, 6) is 0. The van der Waals surface area contributed by atoms with Crippen molar-refractivity contribution in [2.75, 3.05) is 0 Å². The Kier molecular flexibility index (Phi) is 6.64. The molecule has 0 spiro atoms. The average Bonchev–Trinajstić information content (AvgIpc) is 2.33. The molecule has 0 saturated carbocycles. The summed E-state index contributed by atoms with van der Waals surface area (Å²) in [6, 6.07) is 9.09. The Hall–Kier alpha value is -1.04. The van der Waals surface area contributed by atoms with Crippen LogP contribution in [0.25, 0.3) is 0 Å². The zero-order chi connectivity index (χ0) is 11.6. The summed E-state index contributed by atoms with van der Waals surface area (Å²) < 4.78 is 0. The summed E-state index contributed by atoms with van der Waals surface area (Å²) in [6.45, 7) is 6.01. The van der Waals surface area contributed by atoms with Crippen molar-refractivity contribution < 1.29 is 0 Å². The average molecular weight is 216 g/mol. The zero-order valence-corrected chi connectivity index (χ0v) is 10.5. The van der Waals surface area contributed by atoms with Gasteiger partial charge in [-0.05, 0) is 36.8 Å². The van der Waals surface area contributed by atoms with Crippen LogP contribution >= 0.6 is 0 Å². The van der Waals surface area contributed by atoms with Gasteiger partial charge in [0.25, 0.3) is 0 Å². The first kappa shape index (κ1) is 13.0. The SMILES string of the molecule is C=CCCc1ccc(CCCCCC)cc1. The third-order valence-electron chi connectivity index (χ3n) is 2.98. The van der Waals surface area contributed by atoms with E-state index in [9.17, 15) is 0 Å². The lowest BCUT2D eigenvalue weighted by Crippen LogP contribution is -1.88. The second-order valence-corrected chi connectivity index (χ2v) is 4.45. The van der Waals surface area contributed by atoms with Crippen molar-refractivity contribution in [2.45, 2.75) is 51.9 Å². The van der Waals surface area contributed by atoms with E-state index in [0.29, 0.717) is 0 Å². The van der Waals surface area contributed by atoms with Gasteiger partial charge in [-0.2, -0.15) is 0 Å². The van der Waals surface area contributed by atoms with E-state index in [1.165, 1.54) is 43.2 Å². The highest BCUT2D eigenvalue weighted by molar-refractivity contribution is 5.22. The van der Waals surface area contributed by atoms with E-state index in [1.807, 2.05) is 6.08 Å². The maximum absolute atomic E-state index is 3.75. The van der Waals surface area contributed by atoms with Gasteiger partial charge in [0.2, 0.25) is 0 Å². The lowest BCUT2D eigenvalue weighted by atomic mass is 10.0. The molecule has 0 heterocycles. The zero-order valence-electron chi connectivity index (χ0n) is 10.5. The van der Waals surface area contributed by atoms with E-state index in [1.54, 1.807) is 0 Å². The molecule has 0 bridgehead atoms. The van der Waals surface area contributed by atoms with Crippen molar-refractivity contribution in [1.29, 1.82) is 0 Å². The highest BCUT2D eigenvalue weighted by atomic mass is 14.0. The minimum Gasteiger partial charge on any atom is -0.103 e. The number of benzene rings is 1. The molecule has 0 aliphatic carbocycles. The molecule has 0 atom stereocenters. The summed E-state index contributed by atoms with van der Waals surface area (Å²) >= 11 is 0. The fourth-order valence-corrected chi connectivity index (χ4v) is 1.90. The predicted octanol–water partition coefficient (Wildman–Crippen LogP) is 4.93. The first-order valence-corrected chi connectivity index (χ1v) is 6.55. The predicted molar refractivity (Wildman–Crippen MR) is 72.8 cm³/mol. The summed E-state index contributed by atoms with van der Waals surface area (Å²) in [4.78, 5) is 0. The smallest absolute Gasteiger partial charge is 0.0244 e. The molecule has 0 saturated heterocycles. The Balaban J connectivity index is 2.30. The van der Waals surface area contributed by atoms with Gasteiger partial charge in [0.05, 0.1) is 0 Å². The number of hydrogen-bond donors (Lipinski definition) is 0. The molecule has 1 aromatic carbocycles. The van der Waals surface area contributed by atoms with Crippen LogP contribution in [0.5, 0.6) is 0 Å². The molecule has 0 aromatic heterocycles. The molecule has 1 aromatic rings. The molecule has 0 N–H and O–H groups in total. The quantitative estimate of drug-likeness (QED) is 0.427. The lowest BCUT2D eigenvalue weighted by molar-refractivity contribution is 0.667. The fourth-order valence-electron chi connectivity index (χ4n) is 1.90. The summed E-state index contributed by atoms with van der Waals surface area (Å²) in [5, 5.41) is 0. The number of aryl methyl sites for hydroxylation is 2. The van der Waals surface area contributed by atoms with Crippen LogP contribution < -0.4 is 0 Å². The van der Waals surface area contributed by atoms with Gasteiger partial charge in [-0.25, -0.2) is 0 Å². The minimum absolute atomic E-state index is 1.08. The van der Waals surface area contributed by atoms with E-state index in [-0.39, 0.29) is 0 Å². The molecule has 0 aliphatic heterocycles. The van der Waals surface area contributed by atoms with Crippen LogP contribution in [0.2, 0.25) is 0 Å². The summed E-state index contributed by atoms with van der Waals surface area (Å²) in [6.07, 6.45) is 10.8. The largest absolute Gasteiger partial charge is 0.103 e. The number of allylic oxidation sites excluding steroid dienone is 1.